The number of thiazole rings is 1. The maximum atomic E-state index is 12.5. The molecule has 1 aromatic heterocycles. The van der Waals surface area contributed by atoms with E-state index in [0.29, 0.717) is 0 Å². The number of hydrogen-bond donors (Lipinski definition) is 1. The summed E-state index contributed by atoms with van der Waals surface area (Å²) in [7, 11) is 0. The summed E-state index contributed by atoms with van der Waals surface area (Å²) in [5.41, 5.74) is 1.98. The van der Waals surface area contributed by atoms with Gasteiger partial charge in [0.2, 0.25) is 5.91 Å². The van der Waals surface area contributed by atoms with Crippen molar-refractivity contribution in [1.29, 1.82) is 0 Å². The maximum Gasteiger partial charge on any atom is 0.247 e. The molecule has 1 aromatic carbocycles. The normalized spacial score (nSPS) is 18.2. The molecule has 4 nitrogen and oxygen atoms in total. The van der Waals surface area contributed by atoms with Crippen molar-refractivity contribution in [2.24, 2.45) is 0 Å². The number of aryl methyl sites for hydroxylation is 1. The Hall–Kier alpha value is -1.88. The fraction of sp³-hybridized carbons (Fsp3) is 0.333. The largest absolute Gasteiger partial charge is 0.336 e. The summed E-state index contributed by atoms with van der Waals surface area (Å²) in [6.45, 7) is 2.90. The molecule has 1 aliphatic heterocycles. The van der Waals surface area contributed by atoms with Crippen LogP contribution in [0.2, 0.25) is 0 Å². The number of aromatic nitrogens is 1. The fourth-order valence-corrected chi connectivity index (χ4v) is 3.27. The number of hydrogen-bond acceptors (Lipinski definition) is 4. The molecule has 0 saturated carbocycles. The highest BCUT2D eigenvalue weighted by atomic mass is 32.1. The van der Waals surface area contributed by atoms with Crippen LogP contribution in [0.15, 0.2) is 35.8 Å². The summed E-state index contributed by atoms with van der Waals surface area (Å²) in [6, 6.07) is 7.75. The Bertz CT molecular complexity index is 597. The van der Waals surface area contributed by atoms with E-state index in [0.717, 1.165) is 35.8 Å². The molecule has 1 aliphatic rings. The Balaban J connectivity index is 1.75. The van der Waals surface area contributed by atoms with Gasteiger partial charge in [0.1, 0.15) is 6.04 Å². The van der Waals surface area contributed by atoms with Crippen LogP contribution in [0.25, 0.3) is 0 Å². The molecule has 5 heteroatoms. The molecule has 1 N–H and O–H groups in total. The third-order valence-corrected chi connectivity index (χ3v) is 4.43. The lowest BCUT2D eigenvalue weighted by molar-refractivity contribution is -0.117. The lowest BCUT2D eigenvalue weighted by Gasteiger charge is -2.23. The topological polar surface area (TPSA) is 45.2 Å². The second kappa shape index (κ2) is 5.63. The average molecular weight is 287 g/mol. The first kappa shape index (κ1) is 13.1. The molecule has 20 heavy (non-hydrogen) atoms. The van der Waals surface area contributed by atoms with Crippen molar-refractivity contribution in [3.63, 3.8) is 0 Å². The van der Waals surface area contributed by atoms with E-state index in [4.69, 9.17) is 0 Å². The van der Waals surface area contributed by atoms with Crippen LogP contribution in [0.3, 0.4) is 0 Å². The highest BCUT2D eigenvalue weighted by molar-refractivity contribution is 7.13. The van der Waals surface area contributed by atoms with E-state index in [1.54, 1.807) is 17.5 Å². The minimum atomic E-state index is -0.110. The molecule has 3 rings (SSSR count). The predicted molar refractivity (Wildman–Crippen MR) is 82.3 cm³/mol. The first-order valence-corrected chi connectivity index (χ1v) is 7.66. The Morgan fingerprint density at radius 3 is 3.05 bits per heavy atom. The van der Waals surface area contributed by atoms with Crippen molar-refractivity contribution in [2.45, 2.75) is 25.8 Å². The lowest BCUT2D eigenvalue weighted by Crippen LogP contribution is -2.39. The summed E-state index contributed by atoms with van der Waals surface area (Å²) >= 11 is 1.59. The van der Waals surface area contributed by atoms with Crippen LogP contribution < -0.4 is 10.2 Å². The molecule has 0 bridgehead atoms. The summed E-state index contributed by atoms with van der Waals surface area (Å²) in [4.78, 5) is 18.9. The van der Waals surface area contributed by atoms with Crippen LogP contribution in [0, 0.1) is 6.92 Å². The van der Waals surface area contributed by atoms with Crippen molar-refractivity contribution in [3.8, 4) is 0 Å². The number of benzene rings is 1. The van der Waals surface area contributed by atoms with E-state index in [2.05, 4.69) is 15.2 Å². The number of carbonyl (C=O) groups excluding carboxylic acids is 1. The Kier molecular flexibility index (Phi) is 3.69. The van der Waals surface area contributed by atoms with Crippen LogP contribution in [-0.2, 0) is 4.79 Å². The number of para-hydroxylation sites is 1. The smallest absolute Gasteiger partial charge is 0.247 e. The molecule has 1 fully saturated rings. The highest BCUT2D eigenvalue weighted by Crippen LogP contribution is 2.28. The number of anilines is 2. The van der Waals surface area contributed by atoms with Gasteiger partial charge in [-0.15, -0.1) is 11.3 Å². The van der Waals surface area contributed by atoms with Gasteiger partial charge in [-0.3, -0.25) is 4.79 Å². The van der Waals surface area contributed by atoms with Gasteiger partial charge >= 0.3 is 0 Å². The molecule has 104 valence electrons. The van der Waals surface area contributed by atoms with Gasteiger partial charge in [-0.2, -0.15) is 0 Å². The van der Waals surface area contributed by atoms with Gasteiger partial charge in [-0.1, -0.05) is 18.2 Å². The van der Waals surface area contributed by atoms with Crippen molar-refractivity contribution in [1.82, 2.24) is 4.98 Å². The monoisotopic (exact) mass is 287 g/mol. The van der Waals surface area contributed by atoms with Crippen molar-refractivity contribution in [2.75, 3.05) is 16.8 Å². The van der Waals surface area contributed by atoms with E-state index < -0.39 is 0 Å². The number of nitrogens with one attached hydrogen (secondary N) is 1. The Morgan fingerprint density at radius 2 is 2.30 bits per heavy atom. The number of nitrogens with zero attached hydrogens (tertiary/aromatic N) is 2. The lowest BCUT2D eigenvalue weighted by atomic mass is 10.1. The van der Waals surface area contributed by atoms with E-state index in [1.807, 2.05) is 36.6 Å². The minimum Gasteiger partial charge on any atom is -0.336 e. The van der Waals surface area contributed by atoms with E-state index >= 15 is 0 Å². The molecule has 0 radical (unpaired) electrons. The van der Waals surface area contributed by atoms with Crippen molar-refractivity contribution >= 4 is 28.1 Å². The van der Waals surface area contributed by atoms with Gasteiger partial charge in [0.15, 0.2) is 5.13 Å². The van der Waals surface area contributed by atoms with Gasteiger partial charge in [-0.25, -0.2) is 4.98 Å². The Morgan fingerprint density at radius 1 is 1.45 bits per heavy atom. The molecular formula is C15H17N3OS. The summed E-state index contributed by atoms with van der Waals surface area (Å²) in [5, 5.41) is 5.93. The van der Waals surface area contributed by atoms with Crippen molar-refractivity contribution in [3.05, 3.63) is 41.4 Å². The predicted octanol–water partition coefficient (Wildman–Crippen LogP) is 3.06. The number of rotatable bonds is 3. The first-order valence-electron chi connectivity index (χ1n) is 6.78. The summed E-state index contributed by atoms with van der Waals surface area (Å²) < 4.78 is 0. The quantitative estimate of drug-likeness (QED) is 0.943. The molecule has 0 aliphatic carbocycles. The average Bonchev–Trinajstić information content (AvgIpc) is 3.11. The van der Waals surface area contributed by atoms with Crippen LogP contribution in [0.1, 0.15) is 18.4 Å². The third kappa shape index (κ3) is 2.54. The van der Waals surface area contributed by atoms with Gasteiger partial charge in [-0.05, 0) is 31.4 Å². The SMILES string of the molecule is Cc1ccccc1NC(=O)C1CCCN1c1nccs1. The standard InChI is InChI=1S/C15H17N3OS/c1-11-5-2-3-6-12(11)17-14(19)13-7-4-9-18(13)15-16-8-10-20-15/h2-3,5-6,8,10,13H,4,7,9H2,1H3,(H,17,19). The van der Waals surface area contributed by atoms with Crippen LogP contribution in [0.4, 0.5) is 10.8 Å². The summed E-state index contributed by atoms with van der Waals surface area (Å²) in [5.74, 6) is 0.0620. The summed E-state index contributed by atoms with van der Waals surface area (Å²) in [6.07, 6.45) is 3.71. The molecule has 2 heterocycles. The molecule has 0 spiro atoms. The van der Waals surface area contributed by atoms with Gasteiger partial charge < -0.3 is 10.2 Å². The van der Waals surface area contributed by atoms with Gasteiger partial charge in [0, 0.05) is 23.8 Å². The van der Waals surface area contributed by atoms with E-state index in [9.17, 15) is 4.79 Å². The molecule has 1 atom stereocenters. The molecule has 1 saturated heterocycles. The highest BCUT2D eigenvalue weighted by Gasteiger charge is 2.32. The van der Waals surface area contributed by atoms with E-state index in [-0.39, 0.29) is 11.9 Å². The van der Waals surface area contributed by atoms with Crippen LogP contribution >= 0.6 is 11.3 Å². The zero-order valence-corrected chi connectivity index (χ0v) is 12.2. The second-order valence-electron chi connectivity index (χ2n) is 4.97. The first-order chi connectivity index (χ1) is 9.75. The zero-order chi connectivity index (χ0) is 13.9. The van der Waals surface area contributed by atoms with Crippen LogP contribution in [-0.4, -0.2) is 23.5 Å². The second-order valence-corrected chi connectivity index (χ2v) is 5.84. The molecule has 2 aromatic rings. The zero-order valence-electron chi connectivity index (χ0n) is 11.4. The van der Waals surface area contributed by atoms with E-state index in [1.165, 1.54) is 0 Å². The number of carbonyl (C=O) groups is 1. The molecule has 1 unspecified atom stereocenters. The third-order valence-electron chi connectivity index (χ3n) is 3.62. The van der Waals surface area contributed by atoms with Crippen LogP contribution in [0.5, 0.6) is 0 Å². The van der Waals surface area contributed by atoms with Crippen molar-refractivity contribution < 1.29 is 4.79 Å². The van der Waals surface area contributed by atoms with Gasteiger partial charge in [0.05, 0.1) is 0 Å². The minimum absolute atomic E-state index is 0.0620. The van der Waals surface area contributed by atoms with Gasteiger partial charge in [0.25, 0.3) is 0 Å². The number of amides is 1. The molecular weight excluding hydrogens is 270 g/mol. The Labute approximate surface area is 122 Å². The maximum absolute atomic E-state index is 12.5. The molecule has 1 amide bonds. The fourth-order valence-electron chi connectivity index (χ4n) is 2.56.